The lowest BCUT2D eigenvalue weighted by Crippen LogP contribution is -2.33. The number of hydrogen-bond donors (Lipinski definition) is 2. The minimum Gasteiger partial charge on any atom is -0.379 e. The monoisotopic (exact) mass is 331 g/mol. The normalized spacial score (nSPS) is 13.3. The van der Waals surface area contributed by atoms with E-state index in [4.69, 9.17) is 20.1 Å². The number of ether oxygens (including phenoxy) is 3. The van der Waals surface area contributed by atoms with Gasteiger partial charge in [-0.1, -0.05) is 7.43 Å². The van der Waals surface area contributed by atoms with Crippen LogP contribution in [0.25, 0.3) is 0 Å². The summed E-state index contributed by atoms with van der Waals surface area (Å²) in [6.07, 6.45) is 2.69. The minimum atomic E-state index is -0.315. The molecule has 23 heavy (non-hydrogen) atoms. The Bertz CT molecular complexity index is 395. The molecule has 1 heterocycles. The summed E-state index contributed by atoms with van der Waals surface area (Å²) in [7, 11) is 0. The number of nitrogens with zero attached hydrogens (tertiary/aromatic N) is 1. The Morgan fingerprint density at radius 1 is 0.957 bits per heavy atom. The van der Waals surface area contributed by atoms with Crippen LogP contribution in [0.1, 0.15) is 13.8 Å². The fourth-order valence-corrected chi connectivity index (χ4v) is 1.59. The SMILES string of the molecule is C.NNC(=O)CCOCCOCCOCCN1C(=O)C=CC1=O. The maximum absolute atomic E-state index is 11.2. The Morgan fingerprint density at radius 2 is 1.43 bits per heavy atom. The third-order valence-corrected chi connectivity index (χ3v) is 2.74. The van der Waals surface area contributed by atoms with Gasteiger partial charge in [-0.3, -0.25) is 24.7 Å². The quantitative estimate of drug-likeness (QED) is 0.154. The van der Waals surface area contributed by atoms with Gasteiger partial charge >= 0.3 is 0 Å². The van der Waals surface area contributed by atoms with Crippen LogP contribution in [0, 0.1) is 0 Å². The van der Waals surface area contributed by atoms with E-state index >= 15 is 0 Å². The number of amides is 3. The van der Waals surface area contributed by atoms with Crippen LogP contribution < -0.4 is 11.3 Å². The summed E-state index contributed by atoms with van der Waals surface area (Å²) in [4.78, 5) is 34.3. The van der Waals surface area contributed by atoms with Crippen LogP contribution >= 0.6 is 0 Å². The molecule has 0 saturated heterocycles. The lowest BCUT2D eigenvalue weighted by Gasteiger charge is -2.13. The Balaban J connectivity index is 0.00000484. The molecule has 0 aromatic rings. The molecule has 0 saturated carbocycles. The molecule has 0 spiro atoms. The Hall–Kier alpha value is -1.81. The average Bonchev–Trinajstić information content (AvgIpc) is 2.83. The molecule has 0 atom stereocenters. The van der Waals surface area contributed by atoms with Crippen molar-refractivity contribution in [1.82, 2.24) is 10.3 Å². The maximum atomic E-state index is 11.2. The molecule has 0 fully saturated rings. The van der Waals surface area contributed by atoms with E-state index in [1.807, 2.05) is 5.43 Å². The van der Waals surface area contributed by atoms with Crippen molar-refractivity contribution < 1.29 is 28.6 Å². The van der Waals surface area contributed by atoms with Gasteiger partial charge in [0.2, 0.25) is 5.91 Å². The number of carbonyl (C=O) groups excluding carboxylic acids is 3. The zero-order valence-electron chi connectivity index (χ0n) is 12.3. The van der Waals surface area contributed by atoms with Crippen molar-refractivity contribution in [3.63, 3.8) is 0 Å². The molecule has 0 aromatic carbocycles. The molecule has 9 heteroatoms. The van der Waals surface area contributed by atoms with Crippen LogP contribution in [-0.2, 0) is 28.6 Å². The van der Waals surface area contributed by atoms with Gasteiger partial charge in [-0.05, 0) is 0 Å². The zero-order chi connectivity index (χ0) is 16.2. The Kier molecular flexibility index (Phi) is 11.7. The highest BCUT2D eigenvalue weighted by molar-refractivity contribution is 6.12. The molecule has 0 unspecified atom stereocenters. The van der Waals surface area contributed by atoms with Gasteiger partial charge in [-0.25, -0.2) is 5.84 Å². The smallest absolute Gasteiger partial charge is 0.253 e. The minimum absolute atomic E-state index is 0. The molecule has 1 aliphatic heterocycles. The second-order valence-corrected chi connectivity index (χ2v) is 4.32. The molecule has 1 rings (SSSR count). The van der Waals surface area contributed by atoms with Gasteiger partial charge < -0.3 is 14.2 Å². The van der Waals surface area contributed by atoms with Gasteiger partial charge in [0.1, 0.15) is 0 Å². The highest BCUT2D eigenvalue weighted by Crippen LogP contribution is 2.02. The Labute approximate surface area is 135 Å². The highest BCUT2D eigenvalue weighted by atomic mass is 16.5. The molecule has 132 valence electrons. The van der Waals surface area contributed by atoms with E-state index in [9.17, 15) is 14.4 Å². The summed E-state index contributed by atoms with van der Waals surface area (Å²) in [5.41, 5.74) is 2.01. The lowest BCUT2D eigenvalue weighted by atomic mass is 10.4. The summed E-state index contributed by atoms with van der Waals surface area (Å²) >= 11 is 0. The Morgan fingerprint density at radius 3 is 1.96 bits per heavy atom. The molecular formula is C14H25N3O6. The maximum Gasteiger partial charge on any atom is 0.253 e. The van der Waals surface area contributed by atoms with E-state index in [0.717, 1.165) is 4.90 Å². The topological polar surface area (TPSA) is 120 Å². The van der Waals surface area contributed by atoms with Crippen molar-refractivity contribution in [2.24, 2.45) is 5.84 Å². The lowest BCUT2D eigenvalue weighted by molar-refractivity contribution is -0.137. The van der Waals surface area contributed by atoms with Gasteiger partial charge in [0.05, 0.1) is 52.6 Å². The fourth-order valence-electron chi connectivity index (χ4n) is 1.59. The van der Waals surface area contributed by atoms with Gasteiger partial charge in [-0.2, -0.15) is 0 Å². The standard InChI is InChI=1S/C13H21N3O6.CH4/c14-15-11(17)3-5-20-7-9-22-10-8-21-6-4-16-12(18)1-2-13(16)19;/h1-2H,3-10,14H2,(H,15,17);1H4. The molecule has 0 aliphatic carbocycles. The van der Waals surface area contributed by atoms with Crippen molar-refractivity contribution in [3.8, 4) is 0 Å². The van der Waals surface area contributed by atoms with E-state index in [1.165, 1.54) is 12.2 Å². The molecule has 9 nitrogen and oxygen atoms in total. The summed E-state index contributed by atoms with van der Waals surface area (Å²) in [6, 6.07) is 0. The van der Waals surface area contributed by atoms with Crippen molar-refractivity contribution in [3.05, 3.63) is 12.2 Å². The predicted octanol–water partition coefficient (Wildman–Crippen LogP) is -1.02. The van der Waals surface area contributed by atoms with Gasteiger partial charge in [0, 0.05) is 12.2 Å². The second-order valence-electron chi connectivity index (χ2n) is 4.32. The van der Waals surface area contributed by atoms with Crippen molar-refractivity contribution in [2.45, 2.75) is 13.8 Å². The van der Waals surface area contributed by atoms with Gasteiger partial charge in [-0.15, -0.1) is 0 Å². The largest absolute Gasteiger partial charge is 0.379 e. The molecule has 0 radical (unpaired) electrons. The number of imide groups is 1. The van der Waals surface area contributed by atoms with Gasteiger partial charge in [0.15, 0.2) is 0 Å². The first-order valence-corrected chi connectivity index (χ1v) is 6.91. The molecule has 3 amide bonds. The second kappa shape index (κ2) is 12.7. The van der Waals surface area contributed by atoms with Crippen molar-refractivity contribution in [1.29, 1.82) is 0 Å². The number of nitrogens with one attached hydrogen (secondary N) is 1. The number of rotatable bonds is 12. The molecule has 1 aliphatic rings. The summed E-state index contributed by atoms with van der Waals surface area (Å²) < 4.78 is 15.7. The number of hydrogen-bond acceptors (Lipinski definition) is 7. The zero-order valence-corrected chi connectivity index (χ0v) is 12.3. The van der Waals surface area contributed by atoms with Crippen LogP contribution in [0.3, 0.4) is 0 Å². The molecule has 3 N–H and O–H groups in total. The molecule has 0 bridgehead atoms. The van der Waals surface area contributed by atoms with E-state index < -0.39 is 0 Å². The van der Waals surface area contributed by atoms with Crippen molar-refractivity contribution >= 4 is 17.7 Å². The van der Waals surface area contributed by atoms with Gasteiger partial charge in [0.25, 0.3) is 11.8 Å². The fraction of sp³-hybridized carbons (Fsp3) is 0.643. The summed E-state index contributed by atoms with van der Waals surface area (Å²) in [5.74, 6) is 4.00. The third kappa shape index (κ3) is 9.04. The summed E-state index contributed by atoms with van der Waals surface area (Å²) in [6.45, 7) is 2.30. The van der Waals surface area contributed by atoms with E-state index in [1.54, 1.807) is 0 Å². The van der Waals surface area contributed by atoms with Crippen LogP contribution in [0.15, 0.2) is 12.2 Å². The summed E-state index contributed by atoms with van der Waals surface area (Å²) in [5, 5.41) is 0. The van der Waals surface area contributed by atoms with E-state index in [-0.39, 0.29) is 51.3 Å². The first kappa shape index (κ1) is 21.2. The first-order chi connectivity index (χ1) is 10.6. The average molecular weight is 331 g/mol. The van der Waals surface area contributed by atoms with E-state index in [2.05, 4.69) is 0 Å². The predicted molar refractivity (Wildman–Crippen MR) is 82.0 cm³/mol. The third-order valence-electron chi connectivity index (χ3n) is 2.74. The first-order valence-electron chi connectivity index (χ1n) is 6.91. The van der Waals surface area contributed by atoms with Crippen molar-refractivity contribution in [2.75, 3.05) is 46.2 Å². The number of nitrogens with two attached hydrogens (primary N) is 1. The van der Waals surface area contributed by atoms with Crippen LogP contribution in [0.4, 0.5) is 0 Å². The molecule has 0 aromatic heterocycles. The van der Waals surface area contributed by atoms with Crippen LogP contribution in [-0.4, -0.2) is 68.8 Å². The van der Waals surface area contributed by atoms with Crippen LogP contribution in [0.2, 0.25) is 0 Å². The van der Waals surface area contributed by atoms with E-state index in [0.29, 0.717) is 26.4 Å². The van der Waals surface area contributed by atoms with Crippen LogP contribution in [0.5, 0.6) is 0 Å². The highest BCUT2D eigenvalue weighted by Gasteiger charge is 2.22. The molecular weight excluding hydrogens is 306 g/mol. The number of carbonyl (C=O) groups is 3. The number of hydrazine groups is 1.